The highest BCUT2D eigenvalue weighted by Crippen LogP contribution is 2.43. The molecule has 1 aromatic carbocycles. The van der Waals surface area contributed by atoms with Gasteiger partial charge in [0, 0.05) is 35.4 Å². The van der Waals surface area contributed by atoms with E-state index in [1.807, 2.05) is 48.2 Å². The highest BCUT2D eigenvalue weighted by atomic mass is 16.3. The quantitative estimate of drug-likeness (QED) is 0.635. The lowest BCUT2D eigenvalue weighted by Gasteiger charge is -2.47. The normalized spacial score (nSPS) is 21.3. The summed E-state index contributed by atoms with van der Waals surface area (Å²) in [5.41, 5.74) is 3.29. The number of hydrogen-bond donors (Lipinski definition) is 3. The highest BCUT2D eigenvalue weighted by molar-refractivity contribution is 5.95. The molecule has 1 amide bonds. The van der Waals surface area contributed by atoms with Gasteiger partial charge in [-0.25, -0.2) is 4.98 Å². The largest absolute Gasteiger partial charge is 0.374 e. The predicted octanol–water partition coefficient (Wildman–Crippen LogP) is 3.37. The van der Waals surface area contributed by atoms with Crippen LogP contribution in [0.1, 0.15) is 54.8 Å². The number of carbonyl (C=O) groups excluding carboxylic acids is 1. The Morgan fingerprint density at radius 2 is 2.10 bits per heavy atom. The topological polar surface area (TPSA) is 101 Å². The van der Waals surface area contributed by atoms with Gasteiger partial charge < -0.3 is 20.6 Å². The van der Waals surface area contributed by atoms with Crippen molar-refractivity contribution in [1.82, 2.24) is 10.3 Å². The van der Waals surface area contributed by atoms with Gasteiger partial charge in [0.1, 0.15) is 12.0 Å². The molecular weight excluding hydrogens is 378 g/mol. The van der Waals surface area contributed by atoms with Crippen LogP contribution >= 0.6 is 0 Å². The molecule has 0 fully saturated rings. The van der Waals surface area contributed by atoms with E-state index in [0.29, 0.717) is 12.1 Å². The molecule has 7 heteroatoms. The van der Waals surface area contributed by atoms with E-state index in [-0.39, 0.29) is 30.3 Å². The van der Waals surface area contributed by atoms with Gasteiger partial charge >= 0.3 is 0 Å². The van der Waals surface area contributed by atoms with Crippen molar-refractivity contribution in [3.8, 4) is 6.07 Å². The molecule has 1 aliphatic rings. The summed E-state index contributed by atoms with van der Waals surface area (Å²) in [6, 6.07) is 13.4. The molecule has 7 nitrogen and oxygen atoms in total. The summed E-state index contributed by atoms with van der Waals surface area (Å²) >= 11 is 0. The fourth-order valence-electron chi connectivity index (χ4n) is 4.08. The molecule has 2 heterocycles. The number of aryl methyl sites for hydroxylation is 1. The summed E-state index contributed by atoms with van der Waals surface area (Å²) in [5, 5.41) is 25.4. The minimum absolute atomic E-state index is 0.0776. The van der Waals surface area contributed by atoms with Crippen LogP contribution in [0.4, 0.5) is 11.5 Å². The van der Waals surface area contributed by atoms with Crippen molar-refractivity contribution < 1.29 is 9.90 Å². The lowest BCUT2D eigenvalue weighted by molar-refractivity contribution is 0.0954. The fraction of sp³-hybridized carbons (Fsp3) is 0.435. The van der Waals surface area contributed by atoms with E-state index >= 15 is 0 Å². The summed E-state index contributed by atoms with van der Waals surface area (Å²) in [4.78, 5) is 19.1. The minimum Gasteiger partial charge on any atom is -0.374 e. The Kier molecular flexibility index (Phi) is 6.58. The van der Waals surface area contributed by atoms with Gasteiger partial charge in [-0.15, -0.1) is 0 Å². The van der Waals surface area contributed by atoms with E-state index < -0.39 is 6.23 Å². The van der Waals surface area contributed by atoms with Crippen LogP contribution < -0.4 is 15.5 Å². The summed E-state index contributed by atoms with van der Waals surface area (Å²) in [6.07, 6.45) is -0.390. The second-order valence-electron chi connectivity index (χ2n) is 7.86. The van der Waals surface area contributed by atoms with Gasteiger partial charge in [-0.05, 0) is 56.7 Å². The minimum atomic E-state index is -0.658. The maximum Gasteiger partial charge on any atom is 0.251 e. The Morgan fingerprint density at radius 1 is 1.33 bits per heavy atom. The Morgan fingerprint density at radius 3 is 2.77 bits per heavy atom. The van der Waals surface area contributed by atoms with Gasteiger partial charge in [0.2, 0.25) is 0 Å². The third kappa shape index (κ3) is 4.39. The molecule has 0 aliphatic carbocycles. The number of carbonyl (C=O) groups is 1. The van der Waals surface area contributed by atoms with E-state index in [1.54, 1.807) is 13.0 Å². The van der Waals surface area contributed by atoms with Crippen molar-refractivity contribution in [2.24, 2.45) is 5.92 Å². The van der Waals surface area contributed by atoms with Crippen LogP contribution in [0.15, 0.2) is 36.4 Å². The zero-order chi connectivity index (χ0) is 21.8. The Balaban J connectivity index is 2.01. The van der Waals surface area contributed by atoms with Crippen molar-refractivity contribution >= 4 is 17.4 Å². The lowest BCUT2D eigenvalue weighted by atomic mass is 9.82. The Labute approximate surface area is 177 Å². The smallest absolute Gasteiger partial charge is 0.251 e. The molecule has 1 aliphatic heterocycles. The number of nitrogens with one attached hydrogen (secondary N) is 2. The molecule has 0 saturated carbocycles. The van der Waals surface area contributed by atoms with Crippen LogP contribution in [0.25, 0.3) is 0 Å². The zero-order valence-electron chi connectivity index (χ0n) is 17.9. The third-order valence-corrected chi connectivity index (χ3v) is 5.75. The highest BCUT2D eigenvalue weighted by Gasteiger charge is 2.38. The molecule has 0 spiro atoms. The maximum atomic E-state index is 12.6. The number of hydrogen-bond acceptors (Lipinski definition) is 6. The molecule has 3 rings (SSSR count). The molecule has 0 radical (unpaired) electrons. The Hall–Kier alpha value is -3.11. The van der Waals surface area contributed by atoms with Crippen molar-refractivity contribution in [3.05, 3.63) is 53.2 Å². The molecular formula is C23H29N5O2. The number of aromatic nitrogens is 1. The molecule has 0 bridgehead atoms. The zero-order valence-corrected chi connectivity index (χ0v) is 17.9. The fourth-order valence-corrected chi connectivity index (χ4v) is 4.08. The first kappa shape index (κ1) is 21.6. The number of anilines is 2. The molecule has 1 aromatic heterocycles. The summed E-state index contributed by atoms with van der Waals surface area (Å²) in [5.74, 6) is 0.709. The van der Waals surface area contributed by atoms with Crippen LogP contribution in [0.2, 0.25) is 0 Å². The van der Waals surface area contributed by atoms with E-state index in [4.69, 9.17) is 5.26 Å². The van der Waals surface area contributed by atoms with Crippen LogP contribution in [-0.4, -0.2) is 34.8 Å². The van der Waals surface area contributed by atoms with Crippen LogP contribution in [0, 0.1) is 24.2 Å². The average Bonchev–Trinajstić information content (AvgIpc) is 2.71. The van der Waals surface area contributed by atoms with Crippen molar-refractivity contribution in [3.63, 3.8) is 0 Å². The summed E-state index contributed by atoms with van der Waals surface area (Å²) < 4.78 is 0. The number of aliphatic hydroxyl groups is 1. The number of nitriles is 1. The molecule has 2 aromatic rings. The second kappa shape index (κ2) is 9.14. The van der Waals surface area contributed by atoms with E-state index in [9.17, 15) is 9.90 Å². The third-order valence-electron chi connectivity index (χ3n) is 5.75. The first-order valence-electron chi connectivity index (χ1n) is 10.3. The van der Waals surface area contributed by atoms with Crippen molar-refractivity contribution in [1.29, 1.82) is 5.26 Å². The van der Waals surface area contributed by atoms with E-state index in [2.05, 4.69) is 29.5 Å². The van der Waals surface area contributed by atoms with Gasteiger partial charge in [-0.1, -0.05) is 13.0 Å². The number of fused-ring (bicyclic) bond motifs is 1. The van der Waals surface area contributed by atoms with Crippen molar-refractivity contribution in [2.75, 3.05) is 16.8 Å². The van der Waals surface area contributed by atoms with Gasteiger partial charge in [0.15, 0.2) is 0 Å². The summed E-state index contributed by atoms with van der Waals surface area (Å²) in [7, 11) is 0. The molecule has 3 N–H and O–H groups in total. The number of benzene rings is 1. The average molecular weight is 408 g/mol. The number of amides is 1. The first-order chi connectivity index (χ1) is 14.3. The number of aliphatic hydroxyl groups excluding tert-OH is 1. The van der Waals surface area contributed by atoms with E-state index in [1.165, 1.54) is 0 Å². The number of pyridine rings is 1. The lowest BCUT2D eigenvalue weighted by Crippen LogP contribution is -2.50. The number of nitrogens with zero attached hydrogens (tertiary/aromatic N) is 3. The Bertz CT molecular complexity index is 953. The first-order valence-corrected chi connectivity index (χ1v) is 10.3. The standard InChI is InChI=1S/C23H29N5O2/c1-14-7-5-8-21(26-14)27-22-15(2)16(3)28(17(4)29)20-10-9-18(13-19(20)22)23(30)25-12-6-11-24/h5,7-10,13,15-17,22,29H,6,12H2,1-4H3,(H,25,30)(H,26,27). The molecule has 158 valence electrons. The second-order valence-corrected chi connectivity index (χ2v) is 7.86. The molecule has 30 heavy (non-hydrogen) atoms. The van der Waals surface area contributed by atoms with Crippen molar-refractivity contribution in [2.45, 2.75) is 52.4 Å². The molecule has 0 saturated heterocycles. The van der Waals surface area contributed by atoms with Gasteiger partial charge in [-0.3, -0.25) is 4.79 Å². The molecule has 4 unspecified atom stereocenters. The SMILES string of the molecule is Cc1cccc(NC2c3cc(C(=O)NCCC#N)ccc3N(C(C)O)C(C)C2C)n1. The van der Waals surface area contributed by atoms with Gasteiger partial charge in [-0.2, -0.15) is 5.26 Å². The van der Waals surface area contributed by atoms with Crippen LogP contribution in [0.3, 0.4) is 0 Å². The maximum absolute atomic E-state index is 12.6. The number of rotatable bonds is 6. The van der Waals surface area contributed by atoms with Gasteiger partial charge in [0.25, 0.3) is 5.91 Å². The van der Waals surface area contributed by atoms with Gasteiger partial charge in [0.05, 0.1) is 18.5 Å². The summed E-state index contributed by atoms with van der Waals surface area (Å²) in [6.45, 7) is 8.25. The van der Waals surface area contributed by atoms with Crippen LogP contribution in [-0.2, 0) is 0 Å². The monoisotopic (exact) mass is 407 g/mol. The molecule has 4 atom stereocenters. The predicted molar refractivity (Wildman–Crippen MR) is 117 cm³/mol. The van der Waals surface area contributed by atoms with E-state index in [0.717, 1.165) is 22.8 Å². The van der Waals surface area contributed by atoms with Crippen LogP contribution in [0.5, 0.6) is 0 Å².